The molecule has 0 aromatic heterocycles. The summed E-state index contributed by atoms with van der Waals surface area (Å²) in [5, 5.41) is 3.35. The Balaban J connectivity index is 2.09. The number of nitrogens with one attached hydrogen (secondary N) is 1. The molecule has 1 aliphatic rings. The third-order valence-corrected chi connectivity index (χ3v) is 3.92. The Morgan fingerprint density at radius 1 is 1.44 bits per heavy atom. The lowest BCUT2D eigenvalue weighted by Crippen LogP contribution is -2.34. The van der Waals surface area contributed by atoms with Crippen molar-refractivity contribution in [1.82, 2.24) is 5.32 Å². The maximum Gasteiger partial charge on any atom is 0.126 e. The number of rotatable bonds is 4. The van der Waals surface area contributed by atoms with Gasteiger partial charge in [0, 0.05) is 4.47 Å². The van der Waals surface area contributed by atoms with E-state index in [9.17, 15) is 4.39 Å². The van der Waals surface area contributed by atoms with Crippen molar-refractivity contribution in [1.29, 1.82) is 0 Å². The number of hydrogen-bond donors (Lipinski definition) is 1. The second-order valence-corrected chi connectivity index (χ2v) is 5.33. The van der Waals surface area contributed by atoms with Crippen molar-refractivity contribution in [2.24, 2.45) is 5.92 Å². The average Bonchev–Trinajstić information content (AvgIpc) is 2.22. The van der Waals surface area contributed by atoms with E-state index in [2.05, 4.69) is 28.2 Å². The zero-order chi connectivity index (χ0) is 11.5. The van der Waals surface area contributed by atoms with Crippen LogP contribution in [0.4, 0.5) is 4.39 Å². The predicted octanol–water partition coefficient (Wildman–Crippen LogP) is 3.69. The molecule has 88 valence electrons. The molecule has 1 saturated carbocycles. The zero-order valence-corrected chi connectivity index (χ0v) is 11.1. The highest BCUT2D eigenvalue weighted by molar-refractivity contribution is 9.10. The van der Waals surface area contributed by atoms with Crippen LogP contribution < -0.4 is 5.32 Å². The van der Waals surface area contributed by atoms with Crippen LogP contribution in [0, 0.1) is 11.7 Å². The van der Waals surface area contributed by atoms with Crippen molar-refractivity contribution in [3.8, 4) is 0 Å². The predicted molar refractivity (Wildman–Crippen MR) is 68.1 cm³/mol. The summed E-state index contributed by atoms with van der Waals surface area (Å²) in [5.74, 6) is 0.940. The minimum atomic E-state index is -0.0607. The fourth-order valence-corrected chi connectivity index (χ4v) is 2.73. The van der Waals surface area contributed by atoms with Gasteiger partial charge in [-0.2, -0.15) is 0 Å². The standard InChI is InChI=1S/C13H17BrFN/c1-2-16-8-9-3-5-11(9)12-7-10(14)4-6-13(12)15/h4,6-7,9,11,16H,2-3,5,8H2,1H3. The van der Waals surface area contributed by atoms with Gasteiger partial charge in [0.1, 0.15) is 5.82 Å². The second-order valence-electron chi connectivity index (χ2n) is 4.42. The van der Waals surface area contributed by atoms with Crippen molar-refractivity contribution < 1.29 is 4.39 Å². The first-order chi connectivity index (χ1) is 7.72. The van der Waals surface area contributed by atoms with Gasteiger partial charge in [-0.05, 0) is 61.5 Å². The molecule has 3 heteroatoms. The molecule has 0 heterocycles. The lowest BCUT2D eigenvalue weighted by atomic mass is 9.70. The third kappa shape index (κ3) is 2.46. The first-order valence-electron chi connectivity index (χ1n) is 5.88. The molecule has 16 heavy (non-hydrogen) atoms. The zero-order valence-electron chi connectivity index (χ0n) is 9.47. The van der Waals surface area contributed by atoms with E-state index in [1.165, 1.54) is 6.42 Å². The fourth-order valence-electron chi connectivity index (χ4n) is 2.35. The SMILES string of the molecule is CCNCC1CCC1c1cc(Br)ccc1F. The van der Waals surface area contributed by atoms with E-state index >= 15 is 0 Å². The summed E-state index contributed by atoms with van der Waals surface area (Å²) < 4.78 is 14.7. The Morgan fingerprint density at radius 3 is 2.88 bits per heavy atom. The molecule has 1 N–H and O–H groups in total. The molecule has 0 aliphatic heterocycles. The van der Waals surface area contributed by atoms with Crippen molar-refractivity contribution in [2.45, 2.75) is 25.7 Å². The first kappa shape index (κ1) is 12.1. The molecule has 0 saturated heterocycles. The van der Waals surface area contributed by atoms with E-state index in [1.54, 1.807) is 12.1 Å². The number of benzene rings is 1. The molecule has 1 fully saturated rings. The van der Waals surface area contributed by atoms with Crippen molar-refractivity contribution in [3.63, 3.8) is 0 Å². The van der Waals surface area contributed by atoms with Gasteiger partial charge < -0.3 is 5.32 Å². The summed E-state index contributed by atoms with van der Waals surface area (Å²) in [5.41, 5.74) is 0.878. The Labute approximate surface area is 105 Å². The van der Waals surface area contributed by atoms with Gasteiger partial charge in [0.2, 0.25) is 0 Å². The van der Waals surface area contributed by atoms with Crippen LogP contribution in [0.1, 0.15) is 31.2 Å². The van der Waals surface area contributed by atoms with E-state index in [0.29, 0.717) is 11.8 Å². The van der Waals surface area contributed by atoms with Crippen LogP contribution in [0.5, 0.6) is 0 Å². The van der Waals surface area contributed by atoms with Crippen molar-refractivity contribution in [3.05, 3.63) is 34.1 Å². The van der Waals surface area contributed by atoms with Gasteiger partial charge in [0.05, 0.1) is 0 Å². The van der Waals surface area contributed by atoms with Gasteiger partial charge in [-0.15, -0.1) is 0 Å². The molecular formula is C13H17BrFN. The molecule has 2 unspecified atom stereocenters. The van der Waals surface area contributed by atoms with E-state index < -0.39 is 0 Å². The molecule has 1 aromatic rings. The normalized spacial score (nSPS) is 24.2. The van der Waals surface area contributed by atoms with E-state index in [-0.39, 0.29) is 5.82 Å². The highest BCUT2D eigenvalue weighted by atomic mass is 79.9. The summed E-state index contributed by atoms with van der Waals surface area (Å²) in [6.45, 7) is 4.10. The molecule has 1 aliphatic carbocycles. The van der Waals surface area contributed by atoms with Crippen LogP contribution in [-0.2, 0) is 0 Å². The van der Waals surface area contributed by atoms with Crippen LogP contribution in [0.3, 0.4) is 0 Å². The highest BCUT2D eigenvalue weighted by Crippen LogP contribution is 2.43. The van der Waals surface area contributed by atoms with Gasteiger partial charge in [-0.25, -0.2) is 4.39 Å². The molecular weight excluding hydrogens is 269 g/mol. The third-order valence-electron chi connectivity index (χ3n) is 3.43. The minimum absolute atomic E-state index is 0.0607. The quantitative estimate of drug-likeness (QED) is 0.890. The van der Waals surface area contributed by atoms with Gasteiger partial charge in [0.25, 0.3) is 0 Å². The number of halogens is 2. The van der Waals surface area contributed by atoms with Gasteiger partial charge in [-0.3, -0.25) is 0 Å². The molecule has 0 spiro atoms. The summed E-state index contributed by atoms with van der Waals surface area (Å²) in [6, 6.07) is 5.25. The number of hydrogen-bond acceptors (Lipinski definition) is 1. The summed E-state index contributed by atoms with van der Waals surface area (Å²) >= 11 is 3.41. The first-order valence-corrected chi connectivity index (χ1v) is 6.67. The van der Waals surface area contributed by atoms with Gasteiger partial charge in [0.15, 0.2) is 0 Å². The van der Waals surface area contributed by atoms with Crippen LogP contribution >= 0.6 is 15.9 Å². The topological polar surface area (TPSA) is 12.0 Å². The highest BCUT2D eigenvalue weighted by Gasteiger charge is 2.33. The maximum absolute atomic E-state index is 13.7. The Kier molecular flexibility index (Phi) is 3.98. The van der Waals surface area contributed by atoms with Crippen LogP contribution in [0.15, 0.2) is 22.7 Å². The lowest BCUT2D eigenvalue weighted by molar-refractivity contribution is 0.242. The molecule has 2 rings (SSSR count). The molecule has 1 nitrogen and oxygen atoms in total. The monoisotopic (exact) mass is 285 g/mol. The van der Waals surface area contributed by atoms with Gasteiger partial charge in [-0.1, -0.05) is 22.9 Å². The summed E-state index contributed by atoms with van der Waals surface area (Å²) in [7, 11) is 0. The van der Waals surface area contributed by atoms with Crippen LogP contribution in [0.25, 0.3) is 0 Å². The Hall–Kier alpha value is -0.410. The molecule has 1 aromatic carbocycles. The Morgan fingerprint density at radius 2 is 2.25 bits per heavy atom. The van der Waals surface area contributed by atoms with Crippen LogP contribution in [-0.4, -0.2) is 13.1 Å². The average molecular weight is 286 g/mol. The van der Waals surface area contributed by atoms with Crippen molar-refractivity contribution in [2.75, 3.05) is 13.1 Å². The minimum Gasteiger partial charge on any atom is -0.317 e. The van der Waals surface area contributed by atoms with E-state index in [1.807, 2.05) is 6.07 Å². The smallest absolute Gasteiger partial charge is 0.126 e. The van der Waals surface area contributed by atoms with E-state index in [0.717, 1.165) is 29.5 Å². The maximum atomic E-state index is 13.7. The Bertz CT molecular complexity index is 367. The van der Waals surface area contributed by atoms with Crippen molar-refractivity contribution >= 4 is 15.9 Å². The lowest BCUT2D eigenvalue weighted by Gasteiger charge is -2.37. The van der Waals surface area contributed by atoms with Crippen LogP contribution in [0.2, 0.25) is 0 Å². The molecule has 2 atom stereocenters. The summed E-state index contributed by atoms with van der Waals surface area (Å²) in [4.78, 5) is 0. The summed E-state index contributed by atoms with van der Waals surface area (Å²) in [6.07, 6.45) is 2.33. The molecule has 0 amide bonds. The molecule has 0 radical (unpaired) electrons. The molecule has 0 bridgehead atoms. The largest absolute Gasteiger partial charge is 0.317 e. The second kappa shape index (κ2) is 5.28. The van der Waals surface area contributed by atoms with Gasteiger partial charge >= 0.3 is 0 Å². The van der Waals surface area contributed by atoms with E-state index in [4.69, 9.17) is 0 Å². The fraction of sp³-hybridized carbons (Fsp3) is 0.538.